The second kappa shape index (κ2) is 5.10. The van der Waals surface area contributed by atoms with Crippen molar-refractivity contribution in [2.45, 2.75) is 13.5 Å². The molecule has 0 radical (unpaired) electrons. The zero-order valence-electron chi connectivity index (χ0n) is 9.15. The van der Waals surface area contributed by atoms with Gasteiger partial charge in [-0.25, -0.2) is 9.37 Å². The van der Waals surface area contributed by atoms with Gasteiger partial charge in [-0.3, -0.25) is 0 Å². The van der Waals surface area contributed by atoms with Gasteiger partial charge in [-0.2, -0.15) is 4.98 Å². The van der Waals surface area contributed by atoms with E-state index in [0.717, 1.165) is 0 Å². The van der Waals surface area contributed by atoms with Gasteiger partial charge in [-0.15, -0.1) is 0 Å². The third kappa shape index (κ3) is 3.14. The van der Waals surface area contributed by atoms with Gasteiger partial charge >= 0.3 is 0 Å². The van der Waals surface area contributed by atoms with Crippen LogP contribution in [0.1, 0.15) is 11.4 Å². The summed E-state index contributed by atoms with van der Waals surface area (Å²) in [7, 11) is 0. The fourth-order valence-electron chi connectivity index (χ4n) is 1.35. The number of rotatable bonds is 3. The number of benzene rings is 1. The lowest BCUT2D eigenvalue weighted by molar-refractivity contribution is 0.287. The molecule has 0 unspecified atom stereocenters. The SMILES string of the molecule is Cc1nc(Cl)cc(OCc2ccccc2F)n1. The van der Waals surface area contributed by atoms with Crippen molar-refractivity contribution in [3.63, 3.8) is 0 Å². The summed E-state index contributed by atoms with van der Waals surface area (Å²) in [6.07, 6.45) is 0. The molecule has 3 nitrogen and oxygen atoms in total. The quantitative estimate of drug-likeness (QED) is 0.787. The molecule has 0 aliphatic heterocycles. The molecule has 0 aliphatic carbocycles. The smallest absolute Gasteiger partial charge is 0.218 e. The number of aryl methyl sites for hydroxylation is 1. The first-order valence-electron chi connectivity index (χ1n) is 5.02. The molecule has 0 saturated heterocycles. The van der Waals surface area contributed by atoms with Crippen molar-refractivity contribution in [1.82, 2.24) is 9.97 Å². The van der Waals surface area contributed by atoms with Gasteiger partial charge in [0.1, 0.15) is 23.4 Å². The largest absolute Gasteiger partial charge is 0.473 e. The van der Waals surface area contributed by atoms with Crippen molar-refractivity contribution in [2.24, 2.45) is 0 Å². The van der Waals surface area contributed by atoms with Crippen molar-refractivity contribution in [3.8, 4) is 5.88 Å². The minimum absolute atomic E-state index is 0.111. The van der Waals surface area contributed by atoms with Crippen molar-refractivity contribution >= 4 is 11.6 Å². The fraction of sp³-hybridized carbons (Fsp3) is 0.167. The van der Waals surface area contributed by atoms with E-state index < -0.39 is 0 Å². The van der Waals surface area contributed by atoms with E-state index in [2.05, 4.69) is 9.97 Å². The van der Waals surface area contributed by atoms with Gasteiger partial charge < -0.3 is 4.74 Å². The number of hydrogen-bond acceptors (Lipinski definition) is 3. The molecule has 88 valence electrons. The Balaban J connectivity index is 2.10. The van der Waals surface area contributed by atoms with Crippen LogP contribution in [0.15, 0.2) is 30.3 Å². The Morgan fingerprint density at radius 3 is 2.76 bits per heavy atom. The zero-order valence-corrected chi connectivity index (χ0v) is 9.91. The average Bonchev–Trinajstić information content (AvgIpc) is 2.27. The Kier molecular flexibility index (Phi) is 3.54. The molecule has 17 heavy (non-hydrogen) atoms. The van der Waals surface area contributed by atoms with Crippen LogP contribution in [0.25, 0.3) is 0 Å². The molecule has 0 atom stereocenters. The van der Waals surface area contributed by atoms with E-state index in [-0.39, 0.29) is 12.4 Å². The summed E-state index contributed by atoms with van der Waals surface area (Å²) in [5.74, 6) is 0.552. The third-order valence-electron chi connectivity index (χ3n) is 2.12. The number of hydrogen-bond donors (Lipinski definition) is 0. The summed E-state index contributed by atoms with van der Waals surface area (Å²) in [6.45, 7) is 1.82. The molecule has 5 heteroatoms. The lowest BCUT2D eigenvalue weighted by atomic mass is 10.2. The monoisotopic (exact) mass is 252 g/mol. The van der Waals surface area contributed by atoms with E-state index in [0.29, 0.717) is 22.4 Å². The van der Waals surface area contributed by atoms with Crippen molar-refractivity contribution < 1.29 is 9.13 Å². The highest BCUT2D eigenvalue weighted by molar-refractivity contribution is 6.29. The van der Waals surface area contributed by atoms with E-state index in [1.807, 2.05) is 0 Å². The maximum absolute atomic E-state index is 13.3. The Morgan fingerprint density at radius 2 is 2.06 bits per heavy atom. The predicted molar refractivity (Wildman–Crippen MR) is 62.5 cm³/mol. The highest BCUT2D eigenvalue weighted by atomic mass is 35.5. The molecular weight excluding hydrogens is 243 g/mol. The normalized spacial score (nSPS) is 10.3. The second-order valence-electron chi connectivity index (χ2n) is 3.46. The number of aromatic nitrogens is 2. The fourth-order valence-corrected chi connectivity index (χ4v) is 1.56. The molecule has 0 saturated carbocycles. The molecule has 1 aromatic heterocycles. The summed E-state index contributed by atoms with van der Waals surface area (Å²) in [5.41, 5.74) is 0.472. The Bertz CT molecular complexity index is 513. The number of ether oxygens (including phenoxy) is 1. The van der Waals surface area contributed by atoms with Crippen molar-refractivity contribution in [3.05, 3.63) is 52.7 Å². The standard InChI is InChI=1S/C12H10ClFN2O/c1-8-15-11(13)6-12(16-8)17-7-9-4-2-3-5-10(9)14/h2-6H,7H2,1H3. The maximum Gasteiger partial charge on any atom is 0.218 e. The van der Waals surface area contributed by atoms with Gasteiger partial charge in [0.25, 0.3) is 0 Å². The zero-order chi connectivity index (χ0) is 12.3. The lowest BCUT2D eigenvalue weighted by Gasteiger charge is -2.06. The van der Waals surface area contributed by atoms with Crippen LogP contribution in [-0.4, -0.2) is 9.97 Å². The molecule has 2 aromatic rings. The van der Waals surface area contributed by atoms with Crippen LogP contribution in [0.2, 0.25) is 5.15 Å². The average molecular weight is 253 g/mol. The molecule has 0 spiro atoms. The Labute approximate surface area is 103 Å². The molecule has 2 rings (SSSR count). The molecule has 0 aliphatic rings. The van der Waals surface area contributed by atoms with Crippen molar-refractivity contribution in [2.75, 3.05) is 0 Å². The van der Waals surface area contributed by atoms with Gasteiger partial charge in [0.15, 0.2) is 0 Å². The predicted octanol–water partition coefficient (Wildman–Crippen LogP) is 3.16. The van der Waals surface area contributed by atoms with Crippen LogP contribution in [0.5, 0.6) is 5.88 Å². The van der Waals surface area contributed by atoms with Crippen LogP contribution in [0.3, 0.4) is 0 Å². The molecule has 1 heterocycles. The lowest BCUT2D eigenvalue weighted by Crippen LogP contribution is -2.01. The summed E-state index contributed by atoms with van der Waals surface area (Å²) < 4.78 is 18.7. The van der Waals surface area contributed by atoms with Crippen LogP contribution < -0.4 is 4.74 Å². The molecular formula is C12H10ClFN2O. The van der Waals surface area contributed by atoms with E-state index in [4.69, 9.17) is 16.3 Å². The topological polar surface area (TPSA) is 35.0 Å². The molecule has 0 fully saturated rings. The number of nitrogens with zero attached hydrogens (tertiary/aromatic N) is 2. The third-order valence-corrected chi connectivity index (χ3v) is 2.31. The van der Waals surface area contributed by atoms with Gasteiger partial charge in [-0.1, -0.05) is 29.8 Å². The van der Waals surface area contributed by atoms with Crippen LogP contribution in [0, 0.1) is 12.7 Å². The first-order chi connectivity index (χ1) is 8.15. The van der Waals surface area contributed by atoms with Crippen LogP contribution >= 0.6 is 11.6 Å². The first kappa shape index (κ1) is 11.8. The molecule has 0 bridgehead atoms. The van der Waals surface area contributed by atoms with Crippen LogP contribution in [-0.2, 0) is 6.61 Å². The van der Waals surface area contributed by atoms with Gasteiger partial charge in [-0.05, 0) is 13.0 Å². The minimum Gasteiger partial charge on any atom is -0.473 e. The molecule has 0 N–H and O–H groups in total. The maximum atomic E-state index is 13.3. The number of halogens is 2. The molecule has 1 aromatic carbocycles. The van der Waals surface area contributed by atoms with E-state index in [1.54, 1.807) is 25.1 Å². The van der Waals surface area contributed by atoms with Crippen molar-refractivity contribution in [1.29, 1.82) is 0 Å². The van der Waals surface area contributed by atoms with E-state index in [9.17, 15) is 4.39 Å². The highest BCUT2D eigenvalue weighted by Gasteiger charge is 2.04. The Hall–Kier alpha value is -1.68. The first-order valence-corrected chi connectivity index (χ1v) is 5.40. The van der Waals surface area contributed by atoms with Gasteiger partial charge in [0, 0.05) is 11.6 Å². The van der Waals surface area contributed by atoms with E-state index >= 15 is 0 Å². The van der Waals surface area contributed by atoms with E-state index in [1.165, 1.54) is 12.1 Å². The summed E-state index contributed by atoms with van der Waals surface area (Å²) >= 11 is 5.76. The van der Waals surface area contributed by atoms with Gasteiger partial charge in [0.2, 0.25) is 5.88 Å². The Morgan fingerprint density at radius 1 is 1.29 bits per heavy atom. The highest BCUT2D eigenvalue weighted by Crippen LogP contribution is 2.15. The summed E-state index contributed by atoms with van der Waals surface area (Å²) in [4.78, 5) is 7.95. The molecule has 0 amide bonds. The minimum atomic E-state index is -0.302. The summed E-state index contributed by atoms with van der Waals surface area (Å²) in [6, 6.07) is 7.92. The summed E-state index contributed by atoms with van der Waals surface area (Å²) in [5, 5.41) is 0.307. The van der Waals surface area contributed by atoms with Crippen LogP contribution in [0.4, 0.5) is 4.39 Å². The van der Waals surface area contributed by atoms with Gasteiger partial charge in [0.05, 0.1) is 0 Å². The second-order valence-corrected chi connectivity index (χ2v) is 3.84.